The summed E-state index contributed by atoms with van der Waals surface area (Å²) < 4.78 is 33.0. The summed E-state index contributed by atoms with van der Waals surface area (Å²) in [4.78, 5) is 0. The quantitative estimate of drug-likeness (QED) is 0.630. The second-order valence-corrected chi connectivity index (χ2v) is 6.92. The van der Waals surface area contributed by atoms with Crippen molar-refractivity contribution in [1.82, 2.24) is 0 Å². The van der Waals surface area contributed by atoms with Crippen LogP contribution in [0.2, 0.25) is 0 Å². The van der Waals surface area contributed by atoms with Gasteiger partial charge in [-0.2, -0.15) is 0 Å². The van der Waals surface area contributed by atoms with Crippen molar-refractivity contribution in [1.29, 1.82) is 0 Å². The molecule has 0 aliphatic heterocycles. The van der Waals surface area contributed by atoms with Gasteiger partial charge in [0.1, 0.15) is 10.1 Å². The van der Waals surface area contributed by atoms with Crippen LogP contribution in [0, 0.1) is 11.8 Å². The van der Waals surface area contributed by atoms with E-state index >= 15 is 0 Å². The molecule has 0 saturated heterocycles. The third-order valence-electron chi connectivity index (χ3n) is 3.89. The summed E-state index contributed by atoms with van der Waals surface area (Å²) in [6.45, 7) is 2.07. The molecule has 2 bridgehead atoms. The molecule has 4 heteroatoms. The van der Waals surface area contributed by atoms with Gasteiger partial charge in [-0.25, -0.2) is 8.42 Å². The van der Waals surface area contributed by atoms with Crippen LogP contribution in [0.25, 0.3) is 0 Å². The van der Waals surface area contributed by atoms with Crippen LogP contribution in [0.3, 0.4) is 0 Å². The Morgan fingerprint density at radius 1 is 1.36 bits per heavy atom. The zero-order valence-corrected chi connectivity index (χ0v) is 9.35. The van der Waals surface area contributed by atoms with Crippen molar-refractivity contribution in [3.05, 3.63) is 0 Å². The lowest BCUT2D eigenvalue weighted by atomic mass is 9.68. The molecule has 2 aliphatic rings. The summed E-state index contributed by atoms with van der Waals surface area (Å²) in [5, 5.41) is 0. The molecular formula is C10H17O3S-. The van der Waals surface area contributed by atoms with Crippen molar-refractivity contribution < 1.29 is 13.0 Å². The first-order valence-corrected chi connectivity index (χ1v) is 6.79. The fourth-order valence-corrected chi connectivity index (χ4v) is 4.77. The lowest BCUT2D eigenvalue weighted by Gasteiger charge is -2.48. The second-order valence-electron chi connectivity index (χ2n) is 5.14. The standard InChI is InChI=1S/C10H18O3S/c1-8-5-9-3-2-4-10(6-8,7-9)14(11,12)13/h8-9H,2-7H2,1H3,(H,11,12,13)/p-1. The fraction of sp³-hybridized carbons (Fsp3) is 1.00. The molecule has 2 aliphatic carbocycles. The van der Waals surface area contributed by atoms with E-state index < -0.39 is 14.9 Å². The van der Waals surface area contributed by atoms with Crippen LogP contribution in [-0.4, -0.2) is 17.7 Å². The maximum atomic E-state index is 11.3. The van der Waals surface area contributed by atoms with Crippen molar-refractivity contribution in [3.63, 3.8) is 0 Å². The van der Waals surface area contributed by atoms with Gasteiger partial charge in [0, 0.05) is 0 Å². The Kier molecular flexibility index (Phi) is 2.39. The summed E-state index contributed by atoms with van der Waals surface area (Å²) in [5.41, 5.74) is 0. The average molecular weight is 217 g/mol. The van der Waals surface area contributed by atoms with E-state index in [2.05, 4.69) is 6.92 Å². The van der Waals surface area contributed by atoms with Crippen molar-refractivity contribution in [3.8, 4) is 0 Å². The number of rotatable bonds is 1. The van der Waals surface area contributed by atoms with E-state index in [1.807, 2.05) is 0 Å². The molecule has 0 aromatic rings. The van der Waals surface area contributed by atoms with Crippen LogP contribution >= 0.6 is 0 Å². The first-order valence-electron chi connectivity index (χ1n) is 5.38. The Morgan fingerprint density at radius 2 is 2.07 bits per heavy atom. The van der Waals surface area contributed by atoms with Crippen molar-refractivity contribution in [2.45, 2.75) is 50.2 Å². The molecule has 2 saturated carbocycles. The Hall–Kier alpha value is -0.0900. The highest BCUT2D eigenvalue weighted by molar-refractivity contribution is 7.87. The predicted molar refractivity (Wildman–Crippen MR) is 52.8 cm³/mol. The molecule has 3 atom stereocenters. The molecule has 0 heterocycles. The molecule has 2 rings (SSSR count). The lowest BCUT2D eigenvalue weighted by molar-refractivity contribution is 0.154. The minimum absolute atomic E-state index is 0.401. The first-order chi connectivity index (χ1) is 6.43. The van der Waals surface area contributed by atoms with Gasteiger partial charge in [-0.05, 0) is 37.5 Å². The minimum atomic E-state index is -4.10. The highest BCUT2D eigenvalue weighted by Crippen LogP contribution is 2.48. The van der Waals surface area contributed by atoms with Gasteiger partial charge in [0.25, 0.3) is 0 Å². The molecule has 0 radical (unpaired) electrons. The van der Waals surface area contributed by atoms with Gasteiger partial charge in [-0.15, -0.1) is 0 Å². The van der Waals surface area contributed by atoms with Crippen LogP contribution in [-0.2, 0) is 10.1 Å². The zero-order chi connectivity index (χ0) is 10.4. The molecule has 0 amide bonds. The minimum Gasteiger partial charge on any atom is -0.748 e. The van der Waals surface area contributed by atoms with Gasteiger partial charge in [-0.3, -0.25) is 0 Å². The lowest BCUT2D eigenvalue weighted by Crippen LogP contribution is -2.47. The molecular weight excluding hydrogens is 200 g/mol. The van der Waals surface area contributed by atoms with Crippen molar-refractivity contribution >= 4 is 10.1 Å². The summed E-state index contributed by atoms with van der Waals surface area (Å²) >= 11 is 0. The van der Waals surface area contributed by atoms with Crippen LogP contribution in [0.15, 0.2) is 0 Å². The molecule has 0 aromatic carbocycles. The van der Waals surface area contributed by atoms with E-state index in [0.717, 1.165) is 19.3 Å². The van der Waals surface area contributed by atoms with Gasteiger partial charge in [0.05, 0.1) is 4.75 Å². The molecule has 3 unspecified atom stereocenters. The average Bonchev–Trinajstić information content (AvgIpc) is 2.00. The predicted octanol–water partition coefficient (Wildman–Crippen LogP) is 1.89. The van der Waals surface area contributed by atoms with E-state index in [0.29, 0.717) is 31.1 Å². The van der Waals surface area contributed by atoms with Gasteiger partial charge < -0.3 is 4.55 Å². The Balaban J connectivity index is 2.32. The monoisotopic (exact) mass is 217 g/mol. The fourth-order valence-electron chi connectivity index (χ4n) is 3.45. The van der Waals surface area contributed by atoms with Gasteiger partial charge in [0.15, 0.2) is 0 Å². The first kappa shape index (κ1) is 10.4. The number of hydrogen-bond acceptors (Lipinski definition) is 3. The van der Waals surface area contributed by atoms with Crippen molar-refractivity contribution in [2.75, 3.05) is 0 Å². The van der Waals surface area contributed by atoms with Crippen LogP contribution in [0.5, 0.6) is 0 Å². The van der Waals surface area contributed by atoms with Gasteiger partial charge in [-0.1, -0.05) is 19.8 Å². The number of fused-ring (bicyclic) bond motifs is 2. The third kappa shape index (κ3) is 1.58. The smallest absolute Gasteiger partial charge is 0.100 e. The normalized spacial score (nSPS) is 43.6. The largest absolute Gasteiger partial charge is 0.748 e. The molecule has 0 spiro atoms. The van der Waals surface area contributed by atoms with E-state index in [1.54, 1.807) is 0 Å². The SMILES string of the molecule is CC1CC2CCCC(S(=O)(=O)[O-])(C1)C2. The van der Waals surface area contributed by atoms with E-state index in [-0.39, 0.29) is 0 Å². The van der Waals surface area contributed by atoms with E-state index in [9.17, 15) is 13.0 Å². The maximum Gasteiger partial charge on any atom is 0.100 e. The molecule has 82 valence electrons. The maximum absolute atomic E-state index is 11.3. The van der Waals surface area contributed by atoms with E-state index in [4.69, 9.17) is 0 Å². The van der Waals surface area contributed by atoms with Crippen LogP contribution in [0.1, 0.15) is 45.4 Å². The second kappa shape index (κ2) is 3.20. The van der Waals surface area contributed by atoms with Gasteiger partial charge in [0.2, 0.25) is 0 Å². The Morgan fingerprint density at radius 3 is 2.71 bits per heavy atom. The third-order valence-corrected chi connectivity index (χ3v) is 5.49. The van der Waals surface area contributed by atoms with Crippen LogP contribution in [0.4, 0.5) is 0 Å². The number of hydrogen-bond donors (Lipinski definition) is 0. The molecule has 14 heavy (non-hydrogen) atoms. The molecule has 0 aromatic heterocycles. The van der Waals surface area contributed by atoms with E-state index in [1.165, 1.54) is 0 Å². The van der Waals surface area contributed by atoms with Crippen LogP contribution < -0.4 is 0 Å². The van der Waals surface area contributed by atoms with Gasteiger partial charge >= 0.3 is 0 Å². The Bertz CT molecular complexity index is 318. The summed E-state index contributed by atoms with van der Waals surface area (Å²) in [7, 11) is -4.10. The summed E-state index contributed by atoms with van der Waals surface area (Å²) in [5.74, 6) is 0.883. The Labute approximate surface area is 85.6 Å². The topological polar surface area (TPSA) is 57.2 Å². The molecule has 3 nitrogen and oxygen atoms in total. The zero-order valence-electron chi connectivity index (χ0n) is 8.53. The molecule has 0 N–H and O–H groups in total. The summed E-state index contributed by atoms with van der Waals surface area (Å²) in [6, 6.07) is 0. The van der Waals surface area contributed by atoms with Crippen molar-refractivity contribution in [2.24, 2.45) is 11.8 Å². The summed E-state index contributed by atoms with van der Waals surface area (Å²) in [6.07, 6.45) is 4.95. The highest BCUT2D eigenvalue weighted by Gasteiger charge is 2.46. The molecule has 2 fully saturated rings. The highest BCUT2D eigenvalue weighted by atomic mass is 32.2.